The summed E-state index contributed by atoms with van der Waals surface area (Å²) in [4.78, 5) is 10.4. The first-order chi connectivity index (χ1) is 10.7. The average Bonchev–Trinajstić information content (AvgIpc) is 2.79. The van der Waals surface area contributed by atoms with Gasteiger partial charge in [-0.25, -0.2) is 0 Å². The second-order valence-corrected chi connectivity index (χ2v) is 7.55. The molecule has 0 aliphatic heterocycles. The fourth-order valence-electron chi connectivity index (χ4n) is 3.95. The number of hydrogen-bond acceptors (Lipinski definition) is 2. The van der Waals surface area contributed by atoms with Crippen molar-refractivity contribution < 1.29 is 9.90 Å². The van der Waals surface area contributed by atoms with Crippen molar-refractivity contribution in [3.05, 3.63) is 0 Å². The van der Waals surface area contributed by atoms with E-state index < -0.39 is 0 Å². The van der Waals surface area contributed by atoms with Gasteiger partial charge in [0.25, 0.3) is 0 Å². The van der Waals surface area contributed by atoms with Crippen LogP contribution in [-0.4, -0.2) is 22.9 Å². The number of unbranched alkanes of at least 4 members (excludes halogenated alkanes) is 2. The molecular formula is C19H29ClO2. The zero-order chi connectivity index (χ0) is 15.8. The van der Waals surface area contributed by atoms with Gasteiger partial charge >= 0.3 is 0 Å². The Balaban J connectivity index is 1.84. The van der Waals surface area contributed by atoms with Crippen molar-refractivity contribution in [1.82, 2.24) is 0 Å². The summed E-state index contributed by atoms with van der Waals surface area (Å²) < 4.78 is 0. The molecule has 0 amide bonds. The van der Waals surface area contributed by atoms with Gasteiger partial charge in [0, 0.05) is 18.2 Å². The summed E-state index contributed by atoms with van der Waals surface area (Å²) in [6.45, 7) is 0. The van der Waals surface area contributed by atoms with Crippen LogP contribution in [0.5, 0.6) is 0 Å². The van der Waals surface area contributed by atoms with E-state index in [4.69, 9.17) is 11.6 Å². The van der Waals surface area contributed by atoms with Gasteiger partial charge in [0.05, 0.1) is 12.0 Å². The van der Waals surface area contributed by atoms with E-state index in [1.807, 2.05) is 0 Å². The standard InChI is InChI=1S/C19H29ClO2/c20-18-14-19(22)17(16(18)11-5-2-6-13-21)12-7-10-15-8-3-1-4-9-15/h13,15-19,22H,1-6,8-11,14H2/t16-,17-,18-,19-/m1/s1. The Labute approximate surface area is 140 Å². The monoisotopic (exact) mass is 324 g/mol. The van der Waals surface area contributed by atoms with Crippen molar-refractivity contribution in [3.8, 4) is 11.8 Å². The van der Waals surface area contributed by atoms with Gasteiger partial charge in [-0.2, -0.15) is 0 Å². The number of carbonyl (C=O) groups excluding carboxylic acids is 1. The van der Waals surface area contributed by atoms with Crippen molar-refractivity contribution in [3.63, 3.8) is 0 Å². The molecule has 3 heteroatoms. The third kappa shape index (κ3) is 5.28. The van der Waals surface area contributed by atoms with Crippen LogP contribution in [0.2, 0.25) is 0 Å². The van der Waals surface area contributed by atoms with Crippen molar-refractivity contribution in [2.24, 2.45) is 17.8 Å². The fraction of sp³-hybridized carbons (Fsp3) is 0.842. The summed E-state index contributed by atoms with van der Waals surface area (Å²) in [5.74, 6) is 7.77. The molecule has 2 rings (SSSR count). The highest BCUT2D eigenvalue weighted by atomic mass is 35.5. The number of hydrogen-bond donors (Lipinski definition) is 1. The SMILES string of the molecule is O=CCCCC[C@@H]1[C@@H](C#CCC2CCCCC2)[C@H](O)C[C@H]1Cl. The zero-order valence-corrected chi connectivity index (χ0v) is 14.2. The summed E-state index contributed by atoms with van der Waals surface area (Å²) in [5.41, 5.74) is 0. The minimum absolute atomic E-state index is 0.0280. The van der Waals surface area contributed by atoms with Crippen LogP contribution in [0.15, 0.2) is 0 Å². The summed E-state index contributed by atoms with van der Waals surface area (Å²) in [6.07, 6.45) is 12.5. The van der Waals surface area contributed by atoms with Crippen molar-refractivity contribution in [2.75, 3.05) is 0 Å². The quantitative estimate of drug-likeness (QED) is 0.342. The summed E-state index contributed by atoms with van der Waals surface area (Å²) in [7, 11) is 0. The fourth-order valence-corrected chi connectivity index (χ4v) is 4.41. The molecule has 2 nitrogen and oxygen atoms in total. The highest BCUT2D eigenvalue weighted by Gasteiger charge is 2.40. The third-order valence-corrected chi connectivity index (χ3v) is 5.80. The van der Waals surface area contributed by atoms with Gasteiger partial charge in [-0.05, 0) is 43.9 Å². The summed E-state index contributed by atoms with van der Waals surface area (Å²) in [6, 6.07) is 0. The molecule has 2 saturated carbocycles. The first kappa shape index (κ1) is 17.8. The molecule has 0 spiro atoms. The Kier molecular flexibility index (Phi) is 7.76. The van der Waals surface area contributed by atoms with E-state index in [1.165, 1.54) is 32.1 Å². The van der Waals surface area contributed by atoms with Crippen LogP contribution in [0.25, 0.3) is 0 Å². The summed E-state index contributed by atoms with van der Waals surface area (Å²) >= 11 is 6.41. The number of carbonyl (C=O) groups is 1. The number of alkyl halides is 1. The first-order valence-corrected chi connectivity index (χ1v) is 9.40. The van der Waals surface area contributed by atoms with Crippen molar-refractivity contribution in [2.45, 2.75) is 82.1 Å². The number of aliphatic hydroxyl groups is 1. The van der Waals surface area contributed by atoms with Gasteiger partial charge < -0.3 is 9.90 Å². The smallest absolute Gasteiger partial charge is 0.119 e. The molecule has 0 aromatic heterocycles. The van der Waals surface area contributed by atoms with Crippen LogP contribution in [0.3, 0.4) is 0 Å². The zero-order valence-electron chi connectivity index (χ0n) is 13.5. The Morgan fingerprint density at radius 1 is 1.18 bits per heavy atom. The molecule has 0 aromatic carbocycles. The highest BCUT2D eigenvalue weighted by Crippen LogP contribution is 2.39. The molecule has 0 unspecified atom stereocenters. The van der Waals surface area contributed by atoms with E-state index in [0.29, 0.717) is 12.8 Å². The summed E-state index contributed by atoms with van der Waals surface area (Å²) in [5, 5.41) is 10.3. The maximum Gasteiger partial charge on any atom is 0.119 e. The molecule has 0 saturated heterocycles. The van der Waals surface area contributed by atoms with Gasteiger partial charge in [0.1, 0.15) is 6.29 Å². The van der Waals surface area contributed by atoms with Crippen LogP contribution in [-0.2, 0) is 4.79 Å². The van der Waals surface area contributed by atoms with Crippen LogP contribution in [0.4, 0.5) is 0 Å². The second kappa shape index (κ2) is 9.58. The molecule has 2 fully saturated rings. The lowest BCUT2D eigenvalue weighted by atomic mass is 9.86. The van der Waals surface area contributed by atoms with E-state index in [9.17, 15) is 9.90 Å². The largest absolute Gasteiger partial charge is 0.392 e. The lowest BCUT2D eigenvalue weighted by Gasteiger charge is -2.20. The van der Waals surface area contributed by atoms with Gasteiger partial charge in [0.2, 0.25) is 0 Å². The molecule has 2 aliphatic rings. The van der Waals surface area contributed by atoms with Crippen LogP contribution in [0.1, 0.15) is 70.6 Å². The Morgan fingerprint density at radius 3 is 2.68 bits per heavy atom. The number of halogens is 1. The van der Waals surface area contributed by atoms with Gasteiger partial charge in [0.15, 0.2) is 0 Å². The highest BCUT2D eigenvalue weighted by molar-refractivity contribution is 6.21. The maximum atomic E-state index is 10.4. The minimum Gasteiger partial charge on any atom is -0.392 e. The molecule has 0 radical (unpaired) electrons. The first-order valence-electron chi connectivity index (χ1n) is 8.96. The molecule has 0 bridgehead atoms. The number of aldehydes is 1. The molecule has 2 aliphatic carbocycles. The number of aliphatic hydroxyl groups excluding tert-OH is 1. The third-order valence-electron chi connectivity index (χ3n) is 5.30. The van der Waals surface area contributed by atoms with Gasteiger partial charge in [-0.15, -0.1) is 17.5 Å². The number of rotatable bonds is 6. The van der Waals surface area contributed by atoms with E-state index in [1.54, 1.807) is 0 Å². The predicted octanol–water partition coefficient (Wildman–Crippen LogP) is 4.32. The van der Waals surface area contributed by atoms with Crippen molar-refractivity contribution >= 4 is 17.9 Å². The average molecular weight is 325 g/mol. The normalized spacial score (nSPS) is 32.5. The van der Waals surface area contributed by atoms with Crippen molar-refractivity contribution in [1.29, 1.82) is 0 Å². The molecule has 124 valence electrons. The Bertz CT molecular complexity index is 392. The minimum atomic E-state index is -0.377. The van der Waals surface area contributed by atoms with E-state index in [2.05, 4.69) is 11.8 Å². The van der Waals surface area contributed by atoms with E-state index in [-0.39, 0.29) is 23.3 Å². The molecule has 0 aromatic rings. The molecule has 1 N–H and O–H groups in total. The van der Waals surface area contributed by atoms with Gasteiger partial charge in [-0.1, -0.05) is 31.6 Å². The second-order valence-electron chi connectivity index (χ2n) is 6.99. The lowest BCUT2D eigenvalue weighted by Crippen LogP contribution is -2.19. The topological polar surface area (TPSA) is 37.3 Å². The molecular weight excluding hydrogens is 296 g/mol. The molecule has 22 heavy (non-hydrogen) atoms. The molecule has 0 heterocycles. The van der Waals surface area contributed by atoms with Crippen LogP contribution in [0, 0.1) is 29.6 Å². The molecule has 4 atom stereocenters. The maximum absolute atomic E-state index is 10.4. The van der Waals surface area contributed by atoms with Gasteiger partial charge in [-0.3, -0.25) is 0 Å². The van der Waals surface area contributed by atoms with Crippen LogP contribution < -0.4 is 0 Å². The predicted molar refractivity (Wildman–Crippen MR) is 90.7 cm³/mol. The van der Waals surface area contributed by atoms with E-state index >= 15 is 0 Å². The Hall–Kier alpha value is -0.520. The van der Waals surface area contributed by atoms with Crippen LogP contribution >= 0.6 is 11.6 Å². The lowest BCUT2D eigenvalue weighted by molar-refractivity contribution is -0.107. The Morgan fingerprint density at radius 2 is 1.95 bits per heavy atom. The van der Waals surface area contributed by atoms with E-state index in [0.717, 1.165) is 37.9 Å².